The summed E-state index contributed by atoms with van der Waals surface area (Å²) in [7, 11) is 0. The van der Waals surface area contributed by atoms with Gasteiger partial charge >= 0.3 is 0 Å². The number of hydrogen-bond donors (Lipinski definition) is 1. The molecule has 3 rings (SSSR count). The van der Waals surface area contributed by atoms with Crippen molar-refractivity contribution in [3.63, 3.8) is 0 Å². The summed E-state index contributed by atoms with van der Waals surface area (Å²) < 4.78 is 1.29. The number of fused-ring (bicyclic) bond motifs is 1. The van der Waals surface area contributed by atoms with Gasteiger partial charge in [0, 0.05) is 28.3 Å². The molecule has 1 amide bonds. The molecule has 0 atom stereocenters. The first-order chi connectivity index (χ1) is 9.24. The summed E-state index contributed by atoms with van der Waals surface area (Å²) in [6.07, 6.45) is 0. The Morgan fingerprint density at radius 2 is 1.79 bits per heavy atom. The smallest absolute Gasteiger partial charge is 0.221 e. The highest BCUT2D eigenvalue weighted by molar-refractivity contribution is 7.17. The summed E-state index contributed by atoms with van der Waals surface area (Å²) in [5.41, 5.74) is 3.25. The van der Waals surface area contributed by atoms with Crippen LogP contribution in [0, 0.1) is 0 Å². The number of anilines is 1. The van der Waals surface area contributed by atoms with Crippen LogP contribution in [-0.2, 0) is 4.79 Å². The van der Waals surface area contributed by atoms with Crippen molar-refractivity contribution in [2.24, 2.45) is 0 Å². The van der Waals surface area contributed by atoms with Crippen molar-refractivity contribution in [2.45, 2.75) is 6.92 Å². The van der Waals surface area contributed by atoms with Gasteiger partial charge in [-0.15, -0.1) is 11.3 Å². The van der Waals surface area contributed by atoms with E-state index in [2.05, 4.69) is 35.0 Å². The lowest BCUT2D eigenvalue weighted by Gasteiger charge is -2.04. The predicted octanol–water partition coefficient (Wildman–Crippen LogP) is 4.53. The van der Waals surface area contributed by atoms with Crippen LogP contribution in [0.4, 0.5) is 5.69 Å². The largest absolute Gasteiger partial charge is 0.326 e. The van der Waals surface area contributed by atoms with Gasteiger partial charge in [0.15, 0.2) is 0 Å². The molecule has 0 saturated heterocycles. The zero-order chi connectivity index (χ0) is 13.2. The number of nitrogens with one attached hydrogen (secondary N) is 1. The first kappa shape index (κ1) is 11.9. The molecule has 0 radical (unpaired) electrons. The van der Waals surface area contributed by atoms with Gasteiger partial charge in [-0.2, -0.15) is 0 Å². The van der Waals surface area contributed by atoms with Crippen LogP contribution in [0.1, 0.15) is 6.92 Å². The Kier molecular flexibility index (Phi) is 3.05. The van der Waals surface area contributed by atoms with E-state index >= 15 is 0 Å². The van der Waals surface area contributed by atoms with Gasteiger partial charge < -0.3 is 5.32 Å². The van der Waals surface area contributed by atoms with Crippen LogP contribution in [-0.4, -0.2) is 5.91 Å². The van der Waals surface area contributed by atoms with E-state index in [4.69, 9.17) is 0 Å². The number of rotatable bonds is 2. The molecule has 0 saturated carbocycles. The third kappa shape index (κ3) is 2.37. The lowest BCUT2D eigenvalue weighted by molar-refractivity contribution is -0.114. The van der Waals surface area contributed by atoms with Crippen LogP contribution in [0.2, 0.25) is 0 Å². The summed E-state index contributed by atoms with van der Waals surface area (Å²) in [6.45, 7) is 1.51. The normalized spacial score (nSPS) is 10.6. The minimum atomic E-state index is -0.0475. The number of carbonyl (C=O) groups excluding carboxylic acids is 1. The van der Waals surface area contributed by atoms with Gasteiger partial charge in [-0.1, -0.05) is 30.3 Å². The minimum absolute atomic E-state index is 0.0475. The first-order valence-electron chi connectivity index (χ1n) is 6.08. The van der Waals surface area contributed by atoms with Crippen molar-refractivity contribution in [3.8, 4) is 11.1 Å². The number of benzene rings is 2. The standard InChI is InChI=1S/C16H13NOS/c1-11(18)17-13-8-6-12(7-9-13)15-10-19-16-5-3-2-4-14(15)16/h2-10H,1H3,(H,17,18). The summed E-state index contributed by atoms with van der Waals surface area (Å²) in [4.78, 5) is 11.0. The van der Waals surface area contributed by atoms with Crippen molar-refractivity contribution >= 4 is 33.0 Å². The minimum Gasteiger partial charge on any atom is -0.326 e. The SMILES string of the molecule is CC(=O)Nc1ccc(-c2csc3ccccc23)cc1. The summed E-state index contributed by atoms with van der Waals surface area (Å²) in [5, 5.41) is 6.23. The molecule has 1 N–H and O–H groups in total. The highest BCUT2D eigenvalue weighted by atomic mass is 32.1. The van der Waals surface area contributed by atoms with Crippen LogP contribution in [0.15, 0.2) is 53.9 Å². The lowest BCUT2D eigenvalue weighted by Crippen LogP contribution is -2.05. The molecule has 3 aromatic rings. The highest BCUT2D eigenvalue weighted by Crippen LogP contribution is 2.34. The Labute approximate surface area is 115 Å². The summed E-state index contributed by atoms with van der Waals surface area (Å²) in [5.74, 6) is -0.0475. The maximum Gasteiger partial charge on any atom is 0.221 e. The van der Waals surface area contributed by atoms with E-state index in [9.17, 15) is 4.79 Å². The molecule has 0 unspecified atom stereocenters. The molecule has 19 heavy (non-hydrogen) atoms. The van der Waals surface area contributed by atoms with E-state index in [-0.39, 0.29) is 5.91 Å². The van der Waals surface area contributed by atoms with Gasteiger partial charge in [0.25, 0.3) is 0 Å². The van der Waals surface area contributed by atoms with Crippen molar-refractivity contribution in [2.75, 3.05) is 5.32 Å². The fourth-order valence-corrected chi connectivity index (χ4v) is 3.11. The second kappa shape index (κ2) is 4.86. The Balaban J connectivity index is 2.00. The average molecular weight is 267 g/mol. The third-order valence-corrected chi connectivity index (χ3v) is 3.96. The third-order valence-electron chi connectivity index (χ3n) is 3.00. The molecule has 0 bridgehead atoms. The second-order valence-electron chi connectivity index (χ2n) is 4.40. The van der Waals surface area contributed by atoms with Crippen LogP contribution in [0.5, 0.6) is 0 Å². The topological polar surface area (TPSA) is 29.1 Å². The summed E-state index contributed by atoms with van der Waals surface area (Å²) >= 11 is 1.75. The molecular weight excluding hydrogens is 254 g/mol. The monoisotopic (exact) mass is 267 g/mol. The van der Waals surface area contributed by atoms with E-state index in [1.807, 2.05) is 24.3 Å². The van der Waals surface area contributed by atoms with Gasteiger partial charge in [0.2, 0.25) is 5.91 Å². The fourth-order valence-electron chi connectivity index (χ4n) is 2.14. The Hall–Kier alpha value is -2.13. The average Bonchev–Trinajstić information content (AvgIpc) is 2.83. The molecule has 0 aliphatic carbocycles. The van der Waals surface area contributed by atoms with Gasteiger partial charge in [0.1, 0.15) is 0 Å². The Morgan fingerprint density at radius 1 is 1.05 bits per heavy atom. The number of thiophene rings is 1. The van der Waals surface area contributed by atoms with Gasteiger partial charge in [-0.3, -0.25) is 4.79 Å². The Bertz CT molecular complexity index is 728. The molecule has 94 valence electrons. The Morgan fingerprint density at radius 3 is 2.53 bits per heavy atom. The van der Waals surface area contributed by atoms with E-state index in [0.717, 1.165) is 5.69 Å². The molecule has 2 aromatic carbocycles. The number of hydrogen-bond acceptors (Lipinski definition) is 2. The van der Waals surface area contributed by atoms with Crippen molar-refractivity contribution in [1.82, 2.24) is 0 Å². The predicted molar refractivity (Wildman–Crippen MR) is 81.6 cm³/mol. The zero-order valence-corrected chi connectivity index (χ0v) is 11.3. The highest BCUT2D eigenvalue weighted by Gasteiger charge is 2.05. The van der Waals surface area contributed by atoms with Crippen LogP contribution in [0.25, 0.3) is 21.2 Å². The molecular formula is C16H13NOS. The maximum atomic E-state index is 11.0. The van der Waals surface area contributed by atoms with Crippen molar-refractivity contribution in [3.05, 3.63) is 53.9 Å². The van der Waals surface area contributed by atoms with Crippen molar-refractivity contribution < 1.29 is 4.79 Å². The van der Waals surface area contributed by atoms with E-state index in [1.54, 1.807) is 11.3 Å². The van der Waals surface area contributed by atoms with Gasteiger partial charge in [-0.25, -0.2) is 0 Å². The van der Waals surface area contributed by atoms with Crippen molar-refractivity contribution in [1.29, 1.82) is 0 Å². The van der Waals surface area contributed by atoms with E-state index in [1.165, 1.54) is 28.1 Å². The maximum absolute atomic E-state index is 11.0. The van der Waals surface area contributed by atoms with E-state index < -0.39 is 0 Å². The van der Waals surface area contributed by atoms with Crippen LogP contribution in [0.3, 0.4) is 0 Å². The molecule has 3 heteroatoms. The lowest BCUT2D eigenvalue weighted by atomic mass is 10.0. The molecule has 2 nitrogen and oxygen atoms in total. The first-order valence-corrected chi connectivity index (χ1v) is 6.96. The molecule has 0 spiro atoms. The number of carbonyl (C=O) groups is 1. The zero-order valence-electron chi connectivity index (χ0n) is 10.5. The van der Waals surface area contributed by atoms with Crippen LogP contribution < -0.4 is 5.32 Å². The fraction of sp³-hybridized carbons (Fsp3) is 0.0625. The quantitative estimate of drug-likeness (QED) is 0.726. The summed E-state index contributed by atoms with van der Waals surface area (Å²) in [6, 6.07) is 16.3. The van der Waals surface area contributed by atoms with Crippen LogP contribution >= 0.6 is 11.3 Å². The number of amides is 1. The second-order valence-corrected chi connectivity index (χ2v) is 5.32. The van der Waals surface area contributed by atoms with Gasteiger partial charge in [-0.05, 0) is 29.1 Å². The molecule has 0 fully saturated rings. The molecule has 1 aromatic heterocycles. The molecule has 1 heterocycles. The van der Waals surface area contributed by atoms with Gasteiger partial charge in [0.05, 0.1) is 0 Å². The molecule has 0 aliphatic heterocycles. The van der Waals surface area contributed by atoms with E-state index in [0.29, 0.717) is 0 Å². The molecule has 0 aliphatic rings.